The monoisotopic (exact) mass is 520 g/mol. The van der Waals surface area contributed by atoms with Gasteiger partial charge in [0, 0.05) is 56.7 Å². The fourth-order valence-corrected chi connectivity index (χ4v) is 6.13. The van der Waals surface area contributed by atoms with Crippen molar-refractivity contribution in [3.63, 3.8) is 0 Å². The van der Waals surface area contributed by atoms with E-state index in [4.69, 9.17) is 9.47 Å². The summed E-state index contributed by atoms with van der Waals surface area (Å²) < 4.78 is 11.8. The maximum absolute atomic E-state index is 6.13. The van der Waals surface area contributed by atoms with Crippen molar-refractivity contribution in [2.24, 2.45) is 16.3 Å². The van der Waals surface area contributed by atoms with E-state index in [9.17, 15) is 0 Å². The summed E-state index contributed by atoms with van der Waals surface area (Å²) in [4.78, 5) is 7.11. The molecule has 0 amide bonds. The molecule has 0 aromatic rings. The predicted molar refractivity (Wildman–Crippen MR) is 128 cm³/mol. The lowest BCUT2D eigenvalue weighted by Gasteiger charge is -2.57. The molecule has 2 heterocycles. The number of likely N-dealkylation sites (tertiary alicyclic amines) is 1. The lowest BCUT2D eigenvalue weighted by Crippen LogP contribution is -2.69. The van der Waals surface area contributed by atoms with Crippen LogP contribution in [0.5, 0.6) is 0 Å². The smallest absolute Gasteiger partial charge is 0.191 e. The van der Waals surface area contributed by atoms with Gasteiger partial charge in [-0.1, -0.05) is 12.8 Å². The zero-order valence-electron chi connectivity index (χ0n) is 18.5. The molecule has 2 saturated heterocycles. The van der Waals surface area contributed by atoms with Crippen LogP contribution in [0.4, 0.5) is 0 Å². The minimum Gasteiger partial charge on any atom is -0.377 e. The standard InChI is InChI=1S/C22H40N4O2.HI/c1-16(2)27-15-13-26-11-6-17(7-12-26)24-21(23-3)25-19-18-8-14-28-20(18)22(19)9-4-5-10-22;/h16-20H,4-15H2,1-3H3,(H2,23,24,25);1H. The van der Waals surface area contributed by atoms with Crippen LogP contribution in [-0.4, -0.2) is 75.0 Å². The van der Waals surface area contributed by atoms with Crippen molar-refractivity contribution in [3.8, 4) is 0 Å². The molecule has 29 heavy (non-hydrogen) atoms. The molecule has 0 bridgehead atoms. The van der Waals surface area contributed by atoms with Crippen LogP contribution in [0.15, 0.2) is 4.99 Å². The minimum atomic E-state index is 0. The van der Waals surface area contributed by atoms with Crippen molar-refractivity contribution in [3.05, 3.63) is 0 Å². The maximum Gasteiger partial charge on any atom is 0.191 e. The molecule has 4 fully saturated rings. The molecule has 0 radical (unpaired) electrons. The summed E-state index contributed by atoms with van der Waals surface area (Å²) in [6.07, 6.45) is 9.73. The largest absolute Gasteiger partial charge is 0.377 e. The second-order valence-corrected chi connectivity index (χ2v) is 9.56. The third kappa shape index (κ3) is 5.04. The van der Waals surface area contributed by atoms with E-state index >= 15 is 0 Å². The summed E-state index contributed by atoms with van der Waals surface area (Å²) in [6.45, 7) is 9.32. The van der Waals surface area contributed by atoms with E-state index in [1.54, 1.807) is 0 Å². The summed E-state index contributed by atoms with van der Waals surface area (Å²) in [5.74, 6) is 1.68. The highest BCUT2D eigenvalue weighted by Crippen LogP contribution is 2.60. The van der Waals surface area contributed by atoms with Crippen molar-refractivity contribution < 1.29 is 9.47 Å². The zero-order chi connectivity index (χ0) is 19.6. The molecule has 7 heteroatoms. The van der Waals surface area contributed by atoms with Crippen LogP contribution < -0.4 is 10.6 Å². The summed E-state index contributed by atoms with van der Waals surface area (Å²) in [7, 11) is 1.91. The number of hydrogen-bond acceptors (Lipinski definition) is 4. The minimum absolute atomic E-state index is 0. The van der Waals surface area contributed by atoms with Crippen molar-refractivity contribution in [2.45, 2.75) is 83.1 Å². The molecule has 2 N–H and O–H groups in total. The van der Waals surface area contributed by atoms with Crippen LogP contribution in [0.3, 0.4) is 0 Å². The lowest BCUT2D eigenvalue weighted by atomic mass is 9.54. The molecule has 0 aromatic carbocycles. The molecule has 168 valence electrons. The fraction of sp³-hybridized carbons (Fsp3) is 0.955. The Balaban J connectivity index is 0.00000240. The van der Waals surface area contributed by atoms with Crippen molar-refractivity contribution in [1.82, 2.24) is 15.5 Å². The summed E-state index contributed by atoms with van der Waals surface area (Å²) in [6, 6.07) is 1.06. The van der Waals surface area contributed by atoms with Crippen LogP contribution in [0.2, 0.25) is 0 Å². The molecule has 4 aliphatic rings. The van der Waals surface area contributed by atoms with E-state index < -0.39 is 0 Å². The lowest BCUT2D eigenvalue weighted by molar-refractivity contribution is -0.125. The Hall–Kier alpha value is -0.120. The van der Waals surface area contributed by atoms with Gasteiger partial charge in [-0.05, 0) is 46.0 Å². The van der Waals surface area contributed by atoms with E-state index in [-0.39, 0.29) is 24.0 Å². The number of halogens is 1. The van der Waals surface area contributed by atoms with E-state index in [1.165, 1.54) is 44.9 Å². The Labute approximate surface area is 194 Å². The van der Waals surface area contributed by atoms with Gasteiger partial charge in [0.05, 0.1) is 18.8 Å². The van der Waals surface area contributed by atoms with Crippen molar-refractivity contribution in [1.29, 1.82) is 0 Å². The van der Waals surface area contributed by atoms with E-state index in [1.807, 2.05) is 7.05 Å². The van der Waals surface area contributed by atoms with Gasteiger partial charge in [0.1, 0.15) is 0 Å². The third-order valence-corrected chi connectivity index (χ3v) is 7.59. The molecule has 6 nitrogen and oxygen atoms in total. The first-order valence-corrected chi connectivity index (χ1v) is 11.6. The van der Waals surface area contributed by atoms with Gasteiger partial charge in [0.15, 0.2) is 5.96 Å². The van der Waals surface area contributed by atoms with Crippen molar-refractivity contribution in [2.75, 3.05) is 39.9 Å². The molecule has 0 aromatic heterocycles. The number of rotatable bonds is 6. The second-order valence-electron chi connectivity index (χ2n) is 9.56. The van der Waals surface area contributed by atoms with Gasteiger partial charge in [-0.15, -0.1) is 24.0 Å². The summed E-state index contributed by atoms with van der Waals surface area (Å²) >= 11 is 0. The van der Waals surface area contributed by atoms with Gasteiger partial charge >= 0.3 is 0 Å². The Kier molecular flexibility index (Phi) is 8.49. The number of nitrogens with one attached hydrogen (secondary N) is 2. The first-order chi connectivity index (χ1) is 13.6. The number of piperidine rings is 1. The van der Waals surface area contributed by atoms with Crippen molar-refractivity contribution >= 4 is 29.9 Å². The molecule has 2 aliphatic carbocycles. The number of nitrogens with zero attached hydrogens (tertiary/aromatic N) is 2. The van der Waals surface area contributed by atoms with Gasteiger partial charge < -0.3 is 25.0 Å². The first-order valence-electron chi connectivity index (χ1n) is 11.6. The van der Waals surface area contributed by atoms with Gasteiger partial charge in [0.2, 0.25) is 0 Å². The van der Waals surface area contributed by atoms with Gasteiger partial charge in [-0.3, -0.25) is 4.99 Å². The zero-order valence-corrected chi connectivity index (χ0v) is 20.8. The number of hydrogen-bond donors (Lipinski definition) is 2. The highest BCUT2D eigenvalue weighted by molar-refractivity contribution is 14.0. The molecule has 4 rings (SSSR count). The van der Waals surface area contributed by atoms with E-state index in [0.29, 0.717) is 35.6 Å². The molecular formula is C22H41IN4O2. The van der Waals surface area contributed by atoms with Crippen LogP contribution in [0, 0.1) is 11.3 Å². The first kappa shape index (κ1) is 23.5. The van der Waals surface area contributed by atoms with Crippen LogP contribution in [-0.2, 0) is 9.47 Å². The SMILES string of the molecule is CN=C(NC1CCN(CCOC(C)C)CC1)NC1C2CCOC2C12CCCC2.I. The fourth-order valence-electron chi connectivity index (χ4n) is 6.13. The molecular weight excluding hydrogens is 479 g/mol. The topological polar surface area (TPSA) is 58.1 Å². The van der Waals surface area contributed by atoms with Crippen LogP contribution in [0.25, 0.3) is 0 Å². The predicted octanol–water partition coefficient (Wildman–Crippen LogP) is 3.01. The van der Waals surface area contributed by atoms with E-state index in [0.717, 1.165) is 38.8 Å². The number of fused-ring (bicyclic) bond motifs is 2. The Morgan fingerprint density at radius 1 is 1.17 bits per heavy atom. The number of aliphatic imine (C=N–C) groups is 1. The second kappa shape index (κ2) is 10.5. The molecule has 2 aliphatic heterocycles. The highest BCUT2D eigenvalue weighted by atomic mass is 127. The molecule has 3 unspecified atom stereocenters. The molecule has 3 atom stereocenters. The number of guanidine groups is 1. The normalized spacial score (nSPS) is 32.1. The number of ether oxygens (including phenoxy) is 2. The Morgan fingerprint density at radius 3 is 2.55 bits per heavy atom. The third-order valence-electron chi connectivity index (χ3n) is 7.59. The summed E-state index contributed by atoms with van der Waals surface area (Å²) in [5.41, 5.74) is 0.374. The van der Waals surface area contributed by atoms with Gasteiger partial charge in [0.25, 0.3) is 0 Å². The summed E-state index contributed by atoms with van der Waals surface area (Å²) in [5, 5.41) is 7.56. The van der Waals surface area contributed by atoms with Crippen LogP contribution in [0.1, 0.15) is 58.8 Å². The highest BCUT2D eigenvalue weighted by Gasteiger charge is 2.65. The van der Waals surface area contributed by atoms with E-state index in [2.05, 4.69) is 34.4 Å². The average molecular weight is 521 g/mol. The molecule has 1 spiro atoms. The molecule has 2 saturated carbocycles. The van der Waals surface area contributed by atoms with Gasteiger partial charge in [-0.2, -0.15) is 0 Å². The Bertz CT molecular complexity index is 545. The van der Waals surface area contributed by atoms with Gasteiger partial charge in [-0.25, -0.2) is 0 Å². The quantitative estimate of drug-likeness (QED) is 0.321. The average Bonchev–Trinajstić information content (AvgIpc) is 3.35. The van der Waals surface area contributed by atoms with Crippen LogP contribution >= 0.6 is 24.0 Å². The maximum atomic E-state index is 6.13. The Morgan fingerprint density at radius 2 is 1.90 bits per heavy atom.